The molecule has 42 heavy (non-hydrogen) atoms. The van der Waals surface area contributed by atoms with Gasteiger partial charge in [-0.1, -0.05) is 60.7 Å². The Kier molecular flexibility index (Phi) is 7.78. The molecule has 2 aromatic heterocycles. The van der Waals surface area contributed by atoms with Crippen LogP contribution < -0.4 is 4.90 Å². The van der Waals surface area contributed by atoms with Gasteiger partial charge in [0.2, 0.25) is 0 Å². The maximum absolute atomic E-state index is 11.1. The van der Waals surface area contributed by atoms with Crippen molar-refractivity contribution in [1.29, 1.82) is 5.26 Å². The molecule has 1 N–H and O–H groups in total. The highest BCUT2D eigenvalue weighted by atomic mass is 32.1. The molecule has 4 aromatic carbocycles. The predicted molar refractivity (Wildman–Crippen MR) is 175 cm³/mol. The first-order valence-corrected chi connectivity index (χ1v) is 14.9. The zero-order chi connectivity index (χ0) is 28.9. The van der Waals surface area contributed by atoms with Gasteiger partial charge in [0.25, 0.3) is 0 Å². The van der Waals surface area contributed by atoms with Gasteiger partial charge in [0, 0.05) is 36.6 Å². The number of thiophene rings is 2. The molecule has 2 heterocycles. The number of hydrogen-bond donors (Lipinski definition) is 1. The van der Waals surface area contributed by atoms with Gasteiger partial charge >= 0.3 is 5.97 Å². The summed E-state index contributed by atoms with van der Waals surface area (Å²) >= 11 is 3.36. The van der Waals surface area contributed by atoms with Crippen LogP contribution in [0.1, 0.15) is 20.8 Å². The zero-order valence-corrected chi connectivity index (χ0v) is 24.0. The Balaban J connectivity index is 1.23. The molecule has 0 aliphatic rings. The molecule has 202 valence electrons. The maximum atomic E-state index is 11.1. The summed E-state index contributed by atoms with van der Waals surface area (Å²) in [6.07, 6.45) is 1.85. The van der Waals surface area contributed by atoms with Crippen LogP contribution in [0.4, 0.5) is 17.1 Å². The van der Waals surface area contributed by atoms with Gasteiger partial charge in [-0.3, -0.25) is 0 Å². The normalized spacial score (nSPS) is 11.2. The van der Waals surface area contributed by atoms with E-state index >= 15 is 0 Å². The highest BCUT2D eigenvalue weighted by Gasteiger charge is 2.13. The Morgan fingerprint density at radius 2 is 1.14 bits per heavy atom. The molecule has 0 amide bonds. The molecule has 0 aliphatic carbocycles. The highest BCUT2D eigenvalue weighted by Crippen LogP contribution is 2.40. The van der Waals surface area contributed by atoms with Crippen LogP contribution in [0.25, 0.3) is 31.8 Å². The van der Waals surface area contributed by atoms with E-state index < -0.39 is 5.97 Å². The summed E-state index contributed by atoms with van der Waals surface area (Å²) in [5, 5.41) is 18.9. The predicted octanol–water partition coefficient (Wildman–Crippen LogP) is 10.4. The van der Waals surface area contributed by atoms with E-state index in [-0.39, 0.29) is 5.56 Å². The quantitative estimate of drug-likeness (QED) is 0.182. The molecule has 6 aromatic rings. The Morgan fingerprint density at radius 1 is 0.619 bits per heavy atom. The first kappa shape index (κ1) is 27.0. The summed E-state index contributed by atoms with van der Waals surface area (Å²) in [7, 11) is 0. The van der Waals surface area contributed by atoms with Gasteiger partial charge in [-0.05, 0) is 90.0 Å². The fourth-order valence-corrected chi connectivity index (χ4v) is 6.73. The van der Waals surface area contributed by atoms with Gasteiger partial charge in [0.1, 0.15) is 0 Å². The first-order chi connectivity index (χ1) is 20.6. The van der Waals surface area contributed by atoms with E-state index in [4.69, 9.17) is 5.11 Å². The van der Waals surface area contributed by atoms with Crippen molar-refractivity contribution in [3.8, 4) is 26.3 Å². The second kappa shape index (κ2) is 12.1. The molecule has 4 nitrogen and oxygen atoms in total. The van der Waals surface area contributed by atoms with Crippen molar-refractivity contribution < 1.29 is 9.90 Å². The highest BCUT2D eigenvalue weighted by molar-refractivity contribution is 7.24. The lowest BCUT2D eigenvalue weighted by molar-refractivity contribution is 0.0697. The molecular weight excluding hydrogens is 557 g/mol. The van der Waals surface area contributed by atoms with Crippen LogP contribution in [0.2, 0.25) is 0 Å². The third kappa shape index (κ3) is 5.79. The lowest BCUT2D eigenvalue weighted by Gasteiger charge is -2.25. The topological polar surface area (TPSA) is 64.3 Å². The van der Waals surface area contributed by atoms with E-state index in [1.165, 1.54) is 21.9 Å². The lowest BCUT2D eigenvalue weighted by Crippen LogP contribution is -2.09. The van der Waals surface area contributed by atoms with Crippen molar-refractivity contribution in [2.75, 3.05) is 4.90 Å². The number of carbonyl (C=O) groups is 1. The number of rotatable bonds is 8. The molecule has 0 spiro atoms. The summed E-state index contributed by atoms with van der Waals surface area (Å²) in [6, 6.07) is 46.4. The van der Waals surface area contributed by atoms with Gasteiger partial charge in [0.05, 0.1) is 17.2 Å². The number of benzene rings is 4. The molecule has 0 radical (unpaired) electrons. The molecule has 0 saturated heterocycles. The molecule has 0 saturated carbocycles. The third-order valence-corrected chi connectivity index (χ3v) is 9.13. The van der Waals surface area contributed by atoms with Crippen LogP contribution in [-0.4, -0.2) is 11.1 Å². The van der Waals surface area contributed by atoms with Crippen molar-refractivity contribution in [3.63, 3.8) is 0 Å². The summed E-state index contributed by atoms with van der Waals surface area (Å²) in [5.41, 5.74) is 5.84. The largest absolute Gasteiger partial charge is 0.478 e. The van der Waals surface area contributed by atoms with Crippen LogP contribution in [0.15, 0.2) is 133 Å². The number of nitriles is 1. The molecule has 0 unspecified atom stereocenters. The average molecular weight is 581 g/mol. The Morgan fingerprint density at radius 3 is 1.74 bits per heavy atom. The smallest absolute Gasteiger partial charge is 0.335 e. The summed E-state index contributed by atoms with van der Waals surface area (Å²) < 4.78 is 0. The molecule has 6 rings (SSSR count). The van der Waals surface area contributed by atoms with Gasteiger partial charge in [-0.15, -0.1) is 22.7 Å². The van der Waals surface area contributed by atoms with Crippen molar-refractivity contribution >= 4 is 57.4 Å². The molecule has 0 aliphatic heterocycles. The second-order valence-electron chi connectivity index (χ2n) is 9.47. The van der Waals surface area contributed by atoms with Crippen LogP contribution in [0.3, 0.4) is 0 Å². The number of nitrogens with zero attached hydrogens (tertiary/aromatic N) is 2. The molecule has 0 bridgehead atoms. The average Bonchev–Trinajstić information content (AvgIpc) is 3.72. The minimum Gasteiger partial charge on any atom is -0.478 e. The number of carboxylic acid groups (broad SMARTS) is 1. The van der Waals surface area contributed by atoms with Gasteiger partial charge < -0.3 is 10.0 Å². The number of allylic oxidation sites excluding steroid dienone is 1. The number of anilines is 3. The fourth-order valence-electron chi connectivity index (χ4n) is 4.68. The number of carboxylic acids is 1. The zero-order valence-electron chi connectivity index (χ0n) is 22.3. The number of para-hydroxylation sites is 2. The van der Waals surface area contributed by atoms with Crippen molar-refractivity contribution in [2.24, 2.45) is 0 Å². The third-order valence-electron chi connectivity index (χ3n) is 6.76. The second-order valence-corrected chi connectivity index (χ2v) is 11.7. The van der Waals surface area contributed by atoms with Gasteiger partial charge in [-0.25, -0.2) is 4.79 Å². The molecule has 0 fully saturated rings. The van der Waals surface area contributed by atoms with Crippen LogP contribution in [0.5, 0.6) is 0 Å². The van der Waals surface area contributed by atoms with Crippen molar-refractivity contribution in [3.05, 3.63) is 149 Å². The minimum absolute atomic E-state index is 0.197. The van der Waals surface area contributed by atoms with Crippen molar-refractivity contribution in [2.45, 2.75) is 0 Å². The fraction of sp³-hybridized carbons (Fsp3) is 0. The Labute approximate surface area is 252 Å². The summed E-state index contributed by atoms with van der Waals surface area (Å²) in [4.78, 5) is 17.8. The van der Waals surface area contributed by atoms with E-state index in [1.54, 1.807) is 34.8 Å². The van der Waals surface area contributed by atoms with Crippen LogP contribution in [-0.2, 0) is 0 Å². The Bertz CT molecular complexity index is 1860. The maximum Gasteiger partial charge on any atom is 0.335 e. The van der Waals surface area contributed by atoms with E-state index in [9.17, 15) is 10.1 Å². The van der Waals surface area contributed by atoms with E-state index in [0.717, 1.165) is 32.4 Å². The first-order valence-electron chi connectivity index (χ1n) is 13.3. The van der Waals surface area contributed by atoms with Gasteiger partial charge in [-0.2, -0.15) is 5.26 Å². The monoisotopic (exact) mass is 580 g/mol. The number of aromatic carboxylic acids is 1. The minimum atomic E-state index is -0.987. The van der Waals surface area contributed by atoms with Crippen LogP contribution >= 0.6 is 22.7 Å². The van der Waals surface area contributed by atoms with E-state index in [2.05, 4.69) is 102 Å². The standard InChI is InChI=1S/C36H24N2O2S2/c37-24-28(25-11-13-27(14-12-25)36(39)40)23-32-19-20-34(41-32)35-22-21-33(42-35)26-15-17-31(18-16-26)38(29-7-3-1-4-8-29)30-9-5-2-6-10-30/h1-23H,(H,39,40)/b28-23+. The van der Waals surface area contributed by atoms with E-state index in [1.807, 2.05) is 24.3 Å². The summed E-state index contributed by atoms with van der Waals surface area (Å²) in [6.45, 7) is 0. The van der Waals surface area contributed by atoms with E-state index in [0.29, 0.717) is 11.1 Å². The van der Waals surface area contributed by atoms with Crippen molar-refractivity contribution in [1.82, 2.24) is 0 Å². The van der Waals surface area contributed by atoms with Gasteiger partial charge in [0.15, 0.2) is 0 Å². The molecule has 0 atom stereocenters. The summed E-state index contributed by atoms with van der Waals surface area (Å²) in [5.74, 6) is -0.987. The SMILES string of the molecule is N#C/C(=C\c1ccc(-c2ccc(-c3ccc(N(c4ccccc4)c4ccccc4)cc3)s2)s1)c1ccc(C(=O)O)cc1. The Hall–Kier alpha value is -5.22. The molecule has 6 heteroatoms. The lowest BCUT2D eigenvalue weighted by atomic mass is 10.0. The van der Waals surface area contributed by atoms with Crippen LogP contribution in [0, 0.1) is 11.3 Å². The molecular formula is C36H24N2O2S2. The number of hydrogen-bond acceptors (Lipinski definition) is 5.